The molecule has 1 fully saturated rings. The van der Waals surface area contributed by atoms with E-state index in [1.54, 1.807) is 13.8 Å². The van der Waals surface area contributed by atoms with E-state index in [4.69, 9.17) is 5.73 Å². The number of hydrogen-bond donors (Lipinski definition) is 2. The second-order valence-electron chi connectivity index (χ2n) is 5.82. The molecule has 9 heteroatoms. The SMILES string of the molecule is Cc1cc(C)c(S(=O)(=O)NC2CCCC2CN)cc1[N+](=O)[O-].Cl. The van der Waals surface area contributed by atoms with Crippen LogP contribution in [0.4, 0.5) is 5.69 Å². The largest absolute Gasteiger partial charge is 0.330 e. The molecule has 1 aliphatic carbocycles. The first-order valence-electron chi connectivity index (χ1n) is 7.24. The Balaban J connectivity index is 0.00000264. The average molecular weight is 364 g/mol. The van der Waals surface area contributed by atoms with Crippen molar-refractivity contribution in [2.45, 2.75) is 44.0 Å². The molecular formula is C14H22ClN3O4S. The smallest absolute Gasteiger partial charge is 0.273 e. The number of aryl methyl sites for hydroxylation is 2. The van der Waals surface area contributed by atoms with Crippen LogP contribution in [0.1, 0.15) is 30.4 Å². The maximum atomic E-state index is 12.6. The Morgan fingerprint density at radius 1 is 1.30 bits per heavy atom. The van der Waals surface area contributed by atoms with Gasteiger partial charge in [0, 0.05) is 17.7 Å². The topological polar surface area (TPSA) is 115 Å². The summed E-state index contributed by atoms with van der Waals surface area (Å²) in [5.74, 6) is 0.121. The van der Waals surface area contributed by atoms with Crippen LogP contribution in [0.3, 0.4) is 0 Å². The number of hydrogen-bond acceptors (Lipinski definition) is 5. The summed E-state index contributed by atoms with van der Waals surface area (Å²) >= 11 is 0. The number of halogens is 1. The zero-order valence-electron chi connectivity index (χ0n) is 13.1. The fourth-order valence-electron chi connectivity index (χ4n) is 3.04. The van der Waals surface area contributed by atoms with Gasteiger partial charge >= 0.3 is 0 Å². The van der Waals surface area contributed by atoms with Gasteiger partial charge in [0.1, 0.15) is 0 Å². The van der Waals surface area contributed by atoms with Gasteiger partial charge in [-0.3, -0.25) is 10.1 Å². The molecule has 3 N–H and O–H groups in total. The Morgan fingerprint density at radius 2 is 1.96 bits per heavy atom. The normalized spacial score (nSPS) is 21.0. The molecule has 1 aromatic rings. The maximum absolute atomic E-state index is 12.6. The first-order chi connectivity index (χ1) is 10.3. The van der Waals surface area contributed by atoms with Crippen molar-refractivity contribution in [3.63, 3.8) is 0 Å². The van der Waals surface area contributed by atoms with Gasteiger partial charge in [-0.1, -0.05) is 6.42 Å². The van der Waals surface area contributed by atoms with Crippen molar-refractivity contribution in [1.82, 2.24) is 4.72 Å². The summed E-state index contributed by atoms with van der Waals surface area (Å²) < 4.78 is 27.8. The lowest BCUT2D eigenvalue weighted by atomic mass is 10.1. The summed E-state index contributed by atoms with van der Waals surface area (Å²) in [7, 11) is -3.80. The van der Waals surface area contributed by atoms with Gasteiger partial charge in [0.25, 0.3) is 5.69 Å². The lowest BCUT2D eigenvalue weighted by molar-refractivity contribution is -0.385. The predicted octanol–water partition coefficient (Wildman–Crippen LogP) is 2.04. The molecule has 1 aliphatic rings. The fourth-order valence-corrected chi connectivity index (χ4v) is 4.63. The average Bonchev–Trinajstić information content (AvgIpc) is 2.84. The van der Waals surface area contributed by atoms with Crippen LogP contribution in [0.2, 0.25) is 0 Å². The van der Waals surface area contributed by atoms with Crippen LogP contribution in [-0.4, -0.2) is 25.9 Å². The first-order valence-corrected chi connectivity index (χ1v) is 8.72. The van der Waals surface area contributed by atoms with E-state index < -0.39 is 14.9 Å². The molecule has 1 saturated carbocycles. The van der Waals surface area contributed by atoms with Crippen molar-refractivity contribution in [3.05, 3.63) is 33.4 Å². The second kappa shape index (κ2) is 7.57. The molecule has 0 aromatic heterocycles. The fraction of sp³-hybridized carbons (Fsp3) is 0.571. The number of benzene rings is 1. The maximum Gasteiger partial charge on any atom is 0.273 e. The number of nitro groups is 1. The van der Waals surface area contributed by atoms with Gasteiger partial charge in [-0.15, -0.1) is 12.4 Å². The Bertz CT molecular complexity index is 694. The minimum Gasteiger partial charge on any atom is -0.330 e. The summed E-state index contributed by atoms with van der Waals surface area (Å²) in [6.45, 7) is 3.66. The van der Waals surface area contributed by atoms with Crippen LogP contribution < -0.4 is 10.5 Å². The van der Waals surface area contributed by atoms with Gasteiger partial charge in [0.2, 0.25) is 10.0 Å². The highest BCUT2D eigenvalue weighted by atomic mass is 35.5. The third kappa shape index (κ3) is 4.20. The number of sulfonamides is 1. The Kier molecular flexibility index (Phi) is 6.52. The minimum absolute atomic E-state index is 0. The molecule has 2 unspecified atom stereocenters. The van der Waals surface area contributed by atoms with Crippen LogP contribution in [-0.2, 0) is 10.0 Å². The van der Waals surface area contributed by atoms with E-state index in [9.17, 15) is 18.5 Å². The van der Waals surface area contributed by atoms with Gasteiger partial charge in [0.05, 0.1) is 9.82 Å². The molecule has 2 atom stereocenters. The molecule has 0 spiro atoms. The standard InChI is InChI=1S/C14H21N3O4S.ClH/c1-9-6-10(2)14(7-13(9)17(18)19)22(20,21)16-12-5-3-4-11(12)8-15;/h6-7,11-12,16H,3-5,8,15H2,1-2H3;1H. The van der Waals surface area contributed by atoms with Crippen molar-refractivity contribution >= 4 is 28.1 Å². The molecule has 0 amide bonds. The van der Waals surface area contributed by atoms with Crippen molar-refractivity contribution < 1.29 is 13.3 Å². The van der Waals surface area contributed by atoms with Crippen LogP contribution >= 0.6 is 12.4 Å². The summed E-state index contributed by atoms with van der Waals surface area (Å²) in [5.41, 5.74) is 6.43. The lowest BCUT2D eigenvalue weighted by Crippen LogP contribution is -2.40. The summed E-state index contributed by atoms with van der Waals surface area (Å²) in [6, 6.07) is 2.47. The van der Waals surface area contributed by atoms with E-state index in [0.29, 0.717) is 17.7 Å². The monoisotopic (exact) mass is 363 g/mol. The Morgan fingerprint density at radius 3 is 2.52 bits per heavy atom. The van der Waals surface area contributed by atoms with Crippen LogP contribution in [0.5, 0.6) is 0 Å². The predicted molar refractivity (Wildman–Crippen MR) is 90.3 cm³/mol. The molecule has 1 aromatic carbocycles. The zero-order chi connectivity index (χ0) is 16.5. The van der Waals surface area contributed by atoms with Gasteiger partial charge in [0.15, 0.2) is 0 Å². The molecule has 2 rings (SSSR count). The molecule has 130 valence electrons. The van der Waals surface area contributed by atoms with Crippen LogP contribution in [0.25, 0.3) is 0 Å². The highest BCUT2D eigenvalue weighted by Gasteiger charge is 2.31. The number of rotatable bonds is 5. The highest BCUT2D eigenvalue weighted by molar-refractivity contribution is 7.89. The molecule has 0 saturated heterocycles. The number of nitro benzene ring substituents is 1. The van der Waals surface area contributed by atoms with Crippen LogP contribution in [0, 0.1) is 29.9 Å². The van der Waals surface area contributed by atoms with Crippen LogP contribution in [0.15, 0.2) is 17.0 Å². The van der Waals surface area contributed by atoms with Gasteiger partial charge in [-0.2, -0.15) is 0 Å². The van der Waals surface area contributed by atoms with E-state index in [2.05, 4.69) is 4.72 Å². The van der Waals surface area contributed by atoms with Gasteiger partial charge < -0.3 is 5.73 Å². The first kappa shape index (κ1) is 19.8. The van der Waals surface area contributed by atoms with Crippen molar-refractivity contribution in [2.24, 2.45) is 11.7 Å². The quantitative estimate of drug-likeness (QED) is 0.613. The molecule has 0 heterocycles. The van der Waals surface area contributed by atoms with E-state index in [-0.39, 0.29) is 34.9 Å². The van der Waals surface area contributed by atoms with E-state index in [0.717, 1.165) is 25.3 Å². The van der Waals surface area contributed by atoms with E-state index in [1.165, 1.54) is 6.07 Å². The highest BCUT2D eigenvalue weighted by Crippen LogP contribution is 2.29. The molecule has 0 aliphatic heterocycles. The van der Waals surface area contributed by atoms with Gasteiger partial charge in [-0.05, 0) is 50.8 Å². The molecule has 0 radical (unpaired) electrons. The van der Waals surface area contributed by atoms with E-state index >= 15 is 0 Å². The Hall–Kier alpha value is -1.22. The third-order valence-electron chi connectivity index (χ3n) is 4.25. The third-order valence-corrected chi connectivity index (χ3v) is 5.88. The molecular weight excluding hydrogens is 342 g/mol. The summed E-state index contributed by atoms with van der Waals surface area (Å²) in [5, 5.41) is 11.0. The Labute approximate surface area is 142 Å². The number of nitrogens with one attached hydrogen (secondary N) is 1. The molecule has 23 heavy (non-hydrogen) atoms. The molecule has 0 bridgehead atoms. The summed E-state index contributed by atoms with van der Waals surface area (Å²) in [4.78, 5) is 10.4. The van der Waals surface area contributed by atoms with Crippen molar-refractivity contribution in [2.75, 3.05) is 6.54 Å². The lowest BCUT2D eigenvalue weighted by Gasteiger charge is -2.20. The number of nitrogens with zero attached hydrogens (tertiary/aromatic N) is 1. The second-order valence-corrected chi connectivity index (χ2v) is 7.50. The molecule has 7 nitrogen and oxygen atoms in total. The van der Waals surface area contributed by atoms with Crippen molar-refractivity contribution in [3.8, 4) is 0 Å². The zero-order valence-corrected chi connectivity index (χ0v) is 14.7. The summed E-state index contributed by atoms with van der Waals surface area (Å²) in [6.07, 6.45) is 2.58. The number of nitrogens with two attached hydrogens (primary N) is 1. The van der Waals surface area contributed by atoms with Crippen molar-refractivity contribution in [1.29, 1.82) is 0 Å². The van der Waals surface area contributed by atoms with Gasteiger partial charge in [-0.25, -0.2) is 13.1 Å². The minimum atomic E-state index is -3.80. The van der Waals surface area contributed by atoms with E-state index in [1.807, 2.05) is 0 Å².